The normalized spacial score (nSPS) is 12.5. The van der Waals surface area contributed by atoms with Crippen LogP contribution in [0.1, 0.15) is 50.1 Å². The van der Waals surface area contributed by atoms with Crippen molar-refractivity contribution in [1.29, 1.82) is 0 Å². The second-order valence-electron chi connectivity index (χ2n) is 4.61. The summed E-state index contributed by atoms with van der Waals surface area (Å²) in [6.45, 7) is 5.23. The lowest BCUT2D eigenvalue weighted by Crippen LogP contribution is -2.21. The Labute approximate surface area is 114 Å². The van der Waals surface area contributed by atoms with Gasteiger partial charge in [-0.3, -0.25) is 0 Å². The first-order valence-electron chi connectivity index (χ1n) is 6.93. The second-order valence-corrected chi connectivity index (χ2v) is 4.61. The summed E-state index contributed by atoms with van der Waals surface area (Å²) in [6.07, 6.45) is 2.74. The molecule has 0 radical (unpaired) electrons. The van der Waals surface area contributed by atoms with Gasteiger partial charge in [0.25, 0.3) is 0 Å². The van der Waals surface area contributed by atoms with E-state index in [1.165, 1.54) is 5.56 Å². The molecule has 4 heteroatoms. The highest BCUT2D eigenvalue weighted by Crippen LogP contribution is 2.16. The Morgan fingerprint density at radius 1 is 1.16 bits per heavy atom. The topological polar surface area (TPSA) is 51.0 Å². The summed E-state index contributed by atoms with van der Waals surface area (Å²) in [5.41, 5.74) is 1.19. The molecular weight excluding hydrogens is 238 g/mol. The highest BCUT2D eigenvalue weighted by Gasteiger charge is 2.16. The average molecular weight is 259 g/mol. The van der Waals surface area contributed by atoms with Crippen LogP contribution in [0, 0.1) is 0 Å². The van der Waals surface area contributed by atoms with Crippen LogP contribution in [0.15, 0.2) is 34.7 Å². The summed E-state index contributed by atoms with van der Waals surface area (Å²) in [5.74, 6) is 1.37. The van der Waals surface area contributed by atoms with Crippen molar-refractivity contribution in [1.82, 2.24) is 15.5 Å². The van der Waals surface area contributed by atoms with E-state index >= 15 is 0 Å². The quantitative estimate of drug-likeness (QED) is 0.830. The third-order valence-corrected chi connectivity index (χ3v) is 3.03. The minimum absolute atomic E-state index is 0.164. The fourth-order valence-corrected chi connectivity index (χ4v) is 1.97. The molecule has 1 unspecified atom stereocenters. The maximum atomic E-state index is 5.75. The number of nitrogens with one attached hydrogen (secondary N) is 1. The summed E-state index contributed by atoms with van der Waals surface area (Å²) in [6, 6.07) is 10.3. The summed E-state index contributed by atoms with van der Waals surface area (Å²) in [7, 11) is 0. The number of rotatable bonds is 7. The third-order valence-electron chi connectivity index (χ3n) is 3.03. The molecule has 1 aromatic heterocycles. The highest BCUT2D eigenvalue weighted by molar-refractivity contribution is 5.17. The molecule has 0 aliphatic carbocycles. The average Bonchev–Trinajstić information content (AvgIpc) is 2.89. The van der Waals surface area contributed by atoms with Crippen molar-refractivity contribution in [2.75, 3.05) is 6.54 Å². The number of benzene rings is 1. The van der Waals surface area contributed by atoms with E-state index < -0.39 is 0 Å². The van der Waals surface area contributed by atoms with Crippen LogP contribution in [0.25, 0.3) is 0 Å². The fraction of sp³-hybridized carbons (Fsp3) is 0.467. The molecule has 1 heterocycles. The molecule has 1 aromatic carbocycles. The first-order valence-corrected chi connectivity index (χ1v) is 6.93. The molecule has 1 N–H and O–H groups in total. The Hall–Kier alpha value is -1.68. The zero-order valence-corrected chi connectivity index (χ0v) is 11.6. The predicted molar refractivity (Wildman–Crippen MR) is 74.9 cm³/mol. The molecule has 2 aromatic rings. The van der Waals surface area contributed by atoms with Gasteiger partial charge >= 0.3 is 0 Å². The zero-order valence-electron chi connectivity index (χ0n) is 11.6. The molecule has 102 valence electrons. The van der Waals surface area contributed by atoms with Crippen LogP contribution in [0.3, 0.4) is 0 Å². The summed E-state index contributed by atoms with van der Waals surface area (Å²) < 4.78 is 5.75. The van der Waals surface area contributed by atoms with Crippen LogP contribution in [0.5, 0.6) is 0 Å². The van der Waals surface area contributed by atoms with Crippen LogP contribution in [0.4, 0.5) is 0 Å². The zero-order chi connectivity index (χ0) is 13.5. The van der Waals surface area contributed by atoms with Crippen molar-refractivity contribution in [2.45, 2.75) is 39.2 Å². The number of nitrogens with zero attached hydrogens (tertiary/aromatic N) is 2. The molecule has 0 bridgehead atoms. The van der Waals surface area contributed by atoms with E-state index in [4.69, 9.17) is 4.42 Å². The molecule has 1 atom stereocenters. The lowest BCUT2D eigenvalue weighted by atomic mass is 10.1. The van der Waals surface area contributed by atoms with E-state index in [1.54, 1.807) is 0 Å². The maximum Gasteiger partial charge on any atom is 0.233 e. The third kappa shape index (κ3) is 3.89. The van der Waals surface area contributed by atoms with Crippen molar-refractivity contribution >= 4 is 0 Å². The van der Waals surface area contributed by atoms with Gasteiger partial charge in [-0.15, -0.1) is 10.2 Å². The van der Waals surface area contributed by atoms with Gasteiger partial charge in [-0.2, -0.15) is 0 Å². The molecule has 0 spiro atoms. The molecule has 19 heavy (non-hydrogen) atoms. The Balaban J connectivity index is 2.01. The number of hydrogen-bond acceptors (Lipinski definition) is 4. The Morgan fingerprint density at radius 3 is 2.63 bits per heavy atom. The van der Waals surface area contributed by atoms with E-state index in [9.17, 15) is 0 Å². The fourth-order valence-electron chi connectivity index (χ4n) is 1.97. The van der Waals surface area contributed by atoms with Crippen molar-refractivity contribution in [2.24, 2.45) is 0 Å². The van der Waals surface area contributed by atoms with Gasteiger partial charge in [0.05, 0.1) is 12.5 Å². The van der Waals surface area contributed by atoms with E-state index in [0.29, 0.717) is 18.2 Å². The van der Waals surface area contributed by atoms with Gasteiger partial charge in [0.1, 0.15) is 0 Å². The molecule has 0 aliphatic heterocycles. The highest BCUT2D eigenvalue weighted by atomic mass is 16.4. The van der Waals surface area contributed by atoms with Gasteiger partial charge in [-0.1, -0.05) is 44.2 Å². The smallest absolute Gasteiger partial charge is 0.233 e. The van der Waals surface area contributed by atoms with Gasteiger partial charge in [0, 0.05) is 0 Å². The van der Waals surface area contributed by atoms with Crippen molar-refractivity contribution in [3.8, 4) is 0 Å². The SMILES string of the molecule is CCCNC(CC)c1nnc(Cc2ccccc2)o1. The summed E-state index contributed by atoms with van der Waals surface area (Å²) in [4.78, 5) is 0. The largest absolute Gasteiger partial charge is 0.423 e. The molecule has 2 rings (SSSR count). The van der Waals surface area contributed by atoms with Crippen LogP contribution < -0.4 is 5.32 Å². The Bertz CT molecular complexity index is 481. The van der Waals surface area contributed by atoms with Gasteiger partial charge in [-0.25, -0.2) is 0 Å². The van der Waals surface area contributed by atoms with Crippen LogP contribution in [-0.4, -0.2) is 16.7 Å². The summed E-state index contributed by atoms with van der Waals surface area (Å²) in [5, 5.41) is 11.7. The van der Waals surface area contributed by atoms with Gasteiger partial charge in [0.15, 0.2) is 0 Å². The molecule has 0 fully saturated rings. The van der Waals surface area contributed by atoms with Gasteiger partial charge < -0.3 is 9.73 Å². The molecule has 0 saturated carbocycles. The Morgan fingerprint density at radius 2 is 1.95 bits per heavy atom. The van der Waals surface area contributed by atoms with Gasteiger partial charge in [0.2, 0.25) is 11.8 Å². The van der Waals surface area contributed by atoms with Crippen molar-refractivity contribution < 1.29 is 4.42 Å². The van der Waals surface area contributed by atoms with E-state index in [2.05, 4.69) is 41.5 Å². The molecule has 0 amide bonds. The van der Waals surface area contributed by atoms with E-state index in [0.717, 1.165) is 19.4 Å². The van der Waals surface area contributed by atoms with Crippen molar-refractivity contribution in [3.63, 3.8) is 0 Å². The van der Waals surface area contributed by atoms with Crippen LogP contribution in [0.2, 0.25) is 0 Å². The van der Waals surface area contributed by atoms with E-state index in [1.807, 2.05) is 18.2 Å². The lowest BCUT2D eigenvalue weighted by molar-refractivity contribution is 0.376. The monoisotopic (exact) mass is 259 g/mol. The first kappa shape index (κ1) is 13.7. The number of hydrogen-bond donors (Lipinski definition) is 1. The number of aromatic nitrogens is 2. The predicted octanol–water partition coefficient (Wildman–Crippen LogP) is 3.11. The lowest BCUT2D eigenvalue weighted by Gasteiger charge is -2.11. The van der Waals surface area contributed by atoms with E-state index in [-0.39, 0.29) is 6.04 Å². The van der Waals surface area contributed by atoms with Gasteiger partial charge in [-0.05, 0) is 24.9 Å². The molecule has 4 nitrogen and oxygen atoms in total. The second kappa shape index (κ2) is 7.04. The first-order chi connectivity index (χ1) is 9.33. The Kier molecular flexibility index (Phi) is 5.10. The molecule has 0 aliphatic rings. The minimum Gasteiger partial charge on any atom is -0.423 e. The molecule has 0 saturated heterocycles. The molecular formula is C15H21N3O. The van der Waals surface area contributed by atoms with Crippen LogP contribution >= 0.6 is 0 Å². The minimum atomic E-state index is 0.164. The van der Waals surface area contributed by atoms with Crippen molar-refractivity contribution in [3.05, 3.63) is 47.7 Å². The maximum absolute atomic E-state index is 5.75. The standard InChI is InChI=1S/C15H21N3O/c1-3-10-16-13(4-2)15-18-17-14(19-15)11-12-8-6-5-7-9-12/h5-9,13,16H,3-4,10-11H2,1-2H3. The van der Waals surface area contributed by atoms with Crippen LogP contribution in [-0.2, 0) is 6.42 Å². The summed E-state index contributed by atoms with van der Waals surface area (Å²) >= 11 is 0.